The van der Waals surface area contributed by atoms with Crippen LogP contribution < -0.4 is 5.32 Å². The summed E-state index contributed by atoms with van der Waals surface area (Å²) in [5.41, 5.74) is 2.77. The number of halogens is 1. The number of imide groups is 1. The molecule has 1 aromatic rings. The maximum absolute atomic E-state index is 12.9. The first kappa shape index (κ1) is 18.1. The van der Waals surface area contributed by atoms with Gasteiger partial charge in [-0.1, -0.05) is 28.1 Å². The molecule has 6 heteroatoms. The Balaban J connectivity index is 1.25. The zero-order valence-electron chi connectivity index (χ0n) is 15.9. The number of hydrogen-bond donors (Lipinski definition) is 1. The zero-order valence-corrected chi connectivity index (χ0v) is 17.5. The first-order valence-electron chi connectivity index (χ1n) is 9.97. The molecule has 1 heterocycles. The van der Waals surface area contributed by atoms with E-state index in [0.29, 0.717) is 11.8 Å². The lowest BCUT2D eigenvalue weighted by molar-refractivity contribution is -0.140. The van der Waals surface area contributed by atoms with E-state index in [9.17, 15) is 14.4 Å². The van der Waals surface area contributed by atoms with Gasteiger partial charge in [-0.2, -0.15) is 0 Å². The lowest BCUT2D eigenvalue weighted by Crippen LogP contribution is -2.40. The highest BCUT2D eigenvalue weighted by molar-refractivity contribution is 9.10. The fourth-order valence-electron chi connectivity index (χ4n) is 5.58. The van der Waals surface area contributed by atoms with E-state index in [-0.39, 0.29) is 54.4 Å². The molecule has 0 spiro atoms. The number of nitrogens with one attached hydrogen (secondary N) is 1. The summed E-state index contributed by atoms with van der Waals surface area (Å²) in [5, 5.41) is 2.92. The van der Waals surface area contributed by atoms with Crippen LogP contribution in [0.1, 0.15) is 24.0 Å². The standard InChI is InChI=1S/C22H23BrN2O3/c1-10-8-17(11(2)7-16(10)23)24-18(26)5-6-25-21(27)19-12-3-4-13(15-9-14(12)15)20(19)22(25)28/h3-4,7-8,12-15,19-20H,5-6,9H2,1-2H3,(H,24,26)/t12-,13+,14-,15-,19+,20+/m1/s1. The van der Waals surface area contributed by atoms with E-state index in [1.54, 1.807) is 0 Å². The smallest absolute Gasteiger partial charge is 0.233 e. The molecule has 5 nitrogen and oxygen atoms in total. The molecule has 2 bridgehead atoms. The lowest BCUT2D eigenvalue weighted by atomic mass is 9.63. The predicted octanol–water partition coefficient (Wildman–Crippen LogP) is 3.45. The molecule has 0 radical (unpaired) electrons. The molecule has 0 aromatic heterocycles. The first-order chi connectivity index (χ1) is 13.4. The van der Waals surface area contributed by atoms with Crippen LogP contribution in [0.3, 0.4) is 0 Å². The summed E-state index contributed by atoms with van der Waals surface area (Å²) in [5.74, 6) is 0.957. The van der Waals surface area contributed by atoms with E-state index in [4.69, 9.17) is 0 Å². The molecule has 6 atom stereocenters. The molecule has 0 unspecified atom stereocenters. The Labute approximate surface area is 172 Å². The third-order valence-corrected chi connectivity index (χ3v) is 7.95. The van der Waals surface area contributed by atoms with Gasteiger partial charge in [0, 0.05) is 23.1 Å². The van der Waals surface area contributed by atoms with Crippen molar-refractivity contribution in [3.8, 4) is 0 Å². The van der Waals surface area contributed by atoms with E-state index in [1.807, 2.05) is 26.0 Å². The fraction of sp³-hybridized carbons (Fsp3) is 0.500. The van der Waals surface area contributed by atoms with Crippen molar-refractivity contribution in [2.75, 3.05) is 11.9 Å². The minimum Gasteiger partial charge on any atom is -0.326 e. The summed E-state index contributed by atoms with van der Waals surface area (Å²) in [6.45, 7) is 4.07. The van der Waals surface area contributed by atoms with Gasteiger partial charge >= 0.3 is 0 Å². The van der Waals surface area contributed by atoms with Crippen LogP contribution in [0, 0.1) is 49.4 Å². The minimum absolute atomic E-state index is 0.0665. The molecule has 1 saturated heterocycles. The number of hydrogen-bond acceptors (Lipinski definition) is 3. The van der Waals surface area contributed by atoms with E-state index in [2.05, 4.69) is 33.4 Å². The largest absolute Gasteiger partial charge is 0.326 e. The Morgan fingerprint density at radius 3 is 2.29 bits per heavy atom. The number of rotatable bonds is 4. The number of anilines is 1. The van der Waals surface area contributed by atoms with Crippen molar-refractivity contribution in [1.82, 2.24) is 4.90 Å². The highest BCUT2D eigenvalue weighted by Gasteiger charge is 2.66. The van der Waals surface area contributed by atoms with Gasteiger partial charge in [0.15, 0.2) is 0 Å². The van der Waals surface area contributed by atoms with Crippen molar-refractivity contribution in [2.45, 2.75) is 26.7 Å². The van der Waals surface area contributed by atoms with Gasteiger partial charge in [-0.15, -0.1) is 0 Å². The molecule has 146 valence electrons. The van der Waals surface area contributed by atoms with Crippen LogP contribution in [-0.4, -0.2) is 29.2 Å². The second-order valence-electron chi connectivity index (χ2n) is 8.70. The van der Waals surface area contributed by atoms with Gasteiger partial charge in [0.1, 0.15) is 0 Å². The van der Waals surface area contributed by atoms with Crippen molar-refractivity contribution >= 4 is 39.3 Å². The van der Waals surface area contributed by atoms with Crippen LogP contribution in [0.25, 0.3) is 0 Å². The van der Waals surface area contributed by atoms with Gasteiger partial charge < -0.3 is 5.32 Å². The van der Waals surface area contributed by atoms with Crippen molar-refractivity contribution in [3.63, 3.8) is 0 Å². The van der Waals surface area contributed by atoms with Crippen LogP contribution in [-0.2, 0) is 14.4 Å². The van der Waals surface area contributed by atoms with E-state index < -0.39 is 0 Å². The molecule has 2 saturated carbocycles. The van der Waals surface area contributed by atoms with Gasteiger partial charge in [0.2, 0.25) is 17.7 Å². The summed E-state index contributed by atoms with van der Waals surface area (Å²) < 4.78 is 1.00. The average molecular weight is 443 g/mol. The summed E-state index contributed by atoms with van der Waals surface area (Å²) in [6, 6.07) is 3.89. The van der Waals surface area contributed by atoms with Crippen LogP contribution in [0.5, 0.6) is 0 Å². The number of allylic oxidation sites excluding steroid dienone is 2. The Morgan fingerprint density at radius 2 is 1.68 bits per heavy atom. The van der Waals surface area contributed by atoms with Gasteiger partial charge in [0.25, 0.3) is 0 Å². The monoisotopic (exact) mass is 442 g/mol. The third kappa shape index (κ3) is 2.60. The Morgan fingerprint density at radius 1 is 1.07 bits per heavy atom. The number of likely N-dealkylation sites (tertiary alicyclic amines) is 1. The van der Waals surface area contributed by atoms with Gasteiger partial charge in [-0.25, -0.2) is 0 Å². The van der Waals surface area contributed by atoms with Crippen molar-refractivity contribution in [1.29, 1.82) is 0 Å². The third-order valence-electron chi connectivity index (χ3n) is 7.10. The number of amides is 3. The van der Waals surface area contributed by atoms with E-state index in [0.717, 1.165) is 27.7 Å². The van der Waals surface area contributed by atoms with Gasteiger partial charge in [-0.3, -0.25) is 19.3 Å². The highest BCUT2D eigenvalue weighted by atomic mass is 79.9. The summed E-state index contributed by atoms with van der Waals surface area (Å²) >= 11 is 3.49. The molecule has 3 fully saturated rings. The number of aryl methyl sites for hydroxylation is 2. The second-order valence-corrected chi connectivity index (χ2v) is 9.55. The normalized spacial score (nSPS) is 34.5. The molecular formula is C22H23BrN2O3. The van der Waals surface area contributed by atoms with Crippen LogP contribution in [0.2, 0.25) is 0 Å². The molecule has 28 heavy (non-hydrogen) atoms. The Bertz CT molecular complexity index is 904. The second kappa shape index (κ2) is 6.28. The quantitative estimate of drug-likeness (QED) is 0.573. The first-order valence-corrected chi connectivity index (χ1v) is 10.8. The molecule has 1 aliphatic heterocycles. The number of carbonyl (C=O) groups is 3. The average Bonchev–Trinajstić information content (AvgIpc) is 3.43. The van der Waals surface area contributed by atoms with Crippen molar-refractivity contribution < 1.29 is 14.4 Å². The number of nitrogens with zero attached hydrogens (tertiary/aromatic N) is 1. The number of benzene rings is 1. The maximum atomic E-state index is 12.9. The Kier molecular flexibility index (Phi) is 4.06. The van der Waals surface area contributed by atoms with Crippen LogP contribution in [0.15, 0.2) is 28.8 Å². The van der Waals surface area contributed by atoms with Gasteiger partial charge in [-0.05, 0) is 67.2 Å². The topological polar surface area (TPSA) is 66.5 Å². The predicted molar refractivity (Wildman–Crippen MR) is 108 cm³/mol. The lowest BCUT2D eigenvalue weighted by Gasteiger charge is -2.37. The number of carbonyl (C=O) groups excluding carboxylic acids is 3. The molecule has 3 amide bonds. The molecule has 4 aliphatic carbocycles. The maximum Gasteiger partial charge on any atom is 0.233 e. The molecule has 5 aliphatic rings. The molecule has 6 rings (SSSR count). The zero-order chi connectivity index (χ0) is 19.7. The minimum atomic E-state index is -0.189. The van der Waals surface area contributed by atoms with E-state index in [1.165, 1.54) is 4.90 Å². The Hall–Kier alpha value is -1.95. The van der Waals surface area contributed by atoms with E-state index >= 15 is 0 Å². The van der Waals surface area contributed by atoms with Crippen molar-refractivity contribution in [3.05, 3.63) is 39.9 Å². The molecular weight excluding hydrogens is 420 g/mol. The summed E-state index contributed by atoms with van der Waals surface area (Å²) in [4.78, 5) is 39.7. The van der Waals surface area contributed by atoms with Gasteiger partial charge in [0.05, 0.1) is 11.8 Å². The molecule has 1 aromatic carbocycles. The van der Waals surface area contributed by atoms with Crippen LogP contribution >= 0.6 is 15.9 Å². The van der Waals surface area contributed by atoms with Crippen LogP contribution in [0.4, 0.5) is 5.69 Å². The highest BCUT2D eigenvalue weighted by Crippen LogP contribution is 2.65. The summed E-state index contributed by atoms with van der Waals surface area (Å²) in [7, 11) is 0. The molecule has 1 N–H and O–H groups in total. The SMILES string of the molecule is Cc1cc(NC(=O)CCN2C(=O)[C@H]3[C@@H]4C=C[C@@H]([C@H]5C[C@H]45)[C@@H]3C2=O)c(C)cc1Br. The summed E-state index contributed by atoms with van der Waals surface area (Å²) in [6.07, 6.45) is 5.62. The van der Waals surface area contributed by atoms with Crippen molar-refractivity contribution in [2.24, 2.45) is 35.5 Å². The fourth-order valence-corrected chi connectivity index (χ4v) is 6.04.